The summed E-state index contributed by atoms with van der Waals surface area (Å²) in [7, 11) is 0. The molecule has 1 heterocycles. The molecule has 2 aliphatic carbocycles. The molecule has 1 aromatic carbocycles. The normalized spacial score (nSPS) is 27.2. The van der Waals surface area contributed by atoms with E-state index in [-0.39, 0.29) is 35.7 Å². The highest BCUT2D eigenvalue weighted by molar-refractivity contribution is 6.33. The number of nitrogens with two attached hydrogens (primary N) is 1. The third kappa shape index (κ3) is 5.75. The Hall–Kier alpha value is -2.09. The number of unbranched alkanes of at least 4 members (excludes halogenated alkanes) is 1. The number of nitrogens with one attached hydrogen (secondary N) is 1. The van der Waals surface area contributed by atoms with Gasteiger partial charge in [0, 0.05) is 45.9 Å². The van der Waals surface area contributed by atoms with Crippen LogP contribution in [0.2, 0.25) is 5.02 Å². The zero-order valence-corrected chi connectivity index (χ0v) is 20.8. The SMILES string of the molecule is CCCCOC(CNC(=O)C1C2C=CC(C2)C1C(N)=O)CN1CCN(c2ccccc2Cl)CC1. The van der Waals surface area contributed by atoms with Crippen LogP contribution < -0.4 is 16.0 Å². The standard InChI is InChI=1S/C26H37ClN4O3/c1-2-3-14-34-20(16-29-26(33)24-19-9-8-18(15-19)23(24)25(28)32)17-30-10-12-31(13-11-30)22-7-5-4-6-21(22)27/h4-9,18-20,23-24H,2-3,10-17H2,1H3,(H2,28,32)(H,29,33). The summed E-state index contributed by atoms with van der Waals surface area (Å²) in [5, 5.41) is 3.87. The molecule has 186 valence electrons. The molecule has 1 saturated heterocycles. The van der Waals surface area contributed by atoms with E-state index in [1.165, 1.54) is 0 Å². The number of ether oxygens (including phenoxy) is 1. The van der Waals surface area contributed by atoms with Crippen molar-refractivity contribution in [2.24, 2.45) is 29.4 Å². The molecule has 2 bridgehead atoms. The number of carbonyl (C=O) groups is 2. The van der Waals surface area contributed by atoms with Crippen molar-refractivity contribution in [2.45, 2.75) is 32.3 Å². The van der Waals surface area contributed by atoms with Gasteiger partial charge in [0.15, 0.2) is 0 Å². The first-order valence-electron chi connectivity index (χ1n) is 12.6. The van der Waals surface area contributed by atoms with Crippen LogP contribution in [0.3, 0.4) is 0 Å². The van der Waals surface area contributed by atoms with Gasteiger partial charge in [0.05, 0.1) is 28.6 Å². The van der Waals surface area contributed by atoms with E-state index >= 15 is 0 Å². The van der Waals surface area contributed by atoms with Gasteiger partial charge in [-0.15, -0.1) is 0 Å². The van der Waals surface area contributed by atoms with Gasteiger partial charge in [-0.3, -0.25) is 14.5 Å². The van der Waals surface area contributed by atoms with E-state index in [2.05, 4.69) is 34.2 Å². The van der Waals surface area contributed by atoms with Gasteiger partial charge < -0.3 is 20.7 Å². The summed E-state index contributed by atoms with van der Waals surface area (Å²) < 4.78 is 6.17. The quantitative estimate of drug-likeness (QED) is 0.369. The number of halogens is 1. The van der Waals surface area contributed by atoms with Crippen LogP contribution in [0.1, 0.15) is 26.2 Å². The van der Waals surface area contributed by atoms with Crippen LogP contribution in [-0.2, 0) is 14.3 Å². The molecule has 3 N–H and O–H groups in total. The van der Waals surface area contributed by atoms with Crippen LogP contribution in [0.25, 0.3) is 0 Å². The molecule has 1 aliphatic heterocycles. The van der Waals surface area contributed by atoms with Crippen molar-refractivity contribution >= 4 is 29.1 Å². The van der Waals surface area contributed by atoms with E-state index in [1.807, 2.05) is 24.3 Å². The fourth-order valence-corrected chi connectivity index (χ4v) is 5.89. The Bertz CT molecular complexity index is 887. The zero-order valence-electron chi connectivity index (χ0n) is 20.0. The number of allylic oxidation sites excluding steroid dienone is 2. The van der Waals surface area contributed by atoms with E-state index in [1.54, 1.807) is 0 Å². The van der Waals surface area contributed by atoms with Crippen molar-refractivity contribution in [3.8, 4) is 0 Å². The second-order valence-electron chi connectivity index (χ2n) is 9.73. The highest BCUT2D eigenvalue weighted by Gasteiger charge is 2.50. The van der Waals surface area contributed by atoms with Crippen molar-refractivity contribution in [3.05, 3.63) is 41.4 Å². The minimum absolute atomic E-state index is 0.0757. The largest absolute Gasteiger partial charge is 0.375 e. The number of rotatable bonds is 11. The van der Waals surface area contributed by atoms with Gasteiger partial charge in [-0.1, -0.05) is 49.2 Å². The molecule has 5 unspecified atom stereocenters. The Morgan fingerprint density at radius 3 is 2.53 bits per heavy atom. The Morgan fingerprint density at radius 1 is 1.15 bits per heavy atom. The van der Waals surface area contributed by atoms with Crippen LogP contribution in [0, 0.1) is 23.7 Å². The molecule has 0 aromatic heterocycles. The van der Waals surface area contributed by atoms with Crippen molar-refractivity contribution in [1.29, 1.82) is 0 Å². The molecule has 3 aliphatic rings. The second kappa shape index (κ2) is 11.6. The van der Waals surface area contributed by atoms with E-state index < -0.39 is 5.92 Å². The number of benzene rings is 1. The first-order valence-corrected chi connectivity index (χ1v) is 12.9. The second-order valence-corrected chi connectivity index (χ2v) is 10.1. The predicted octanol–water partition coefficient (Wildman–Crippen LogP) is 2.69. The first-order chi connectivity index (χ1) is 16.5. The van der Waals surface area contributed by atoms with Crippen molar-refractivity contribution < 1.29 is 14.3 Å². The topological polar surface area (TPSA) is 87.9 Å². The number of amides is 2. The maximum Gasteiger partial charge on any atom is 0.224 e. The summed E-state index contributed by atoms with van der Waals surface area (Å²) in [6.07, 6.45) is 6.92. The summed E-state index contributed by atoms with van der Waals surface area (Å²) in [6.45, 7) is 7.64. The van der Waals surface area contributed by atoms with Gasteiger partial charge >= 0.3 is 0 Å². The zero-order chi connectivity index (χ0) is 24.1. The van der Waals surface area contributed by atoms with E-state index in [9.17, 15) is 9.59 Å². The maximum atomic E-state index is 13.1. The molecular formula is C26H37ClN4O3. The molecule has 4 rings (SSSR count). The minimum Gasteiger partial charge on any atom is -0.375 e. The minimum atomic E-state index is -0.396. The smallest absolute Gasteiger partial charge is 0.224 e. The lowest BCUT2D eigenvalue weighted by Crippen LogP contribution is -2.51. The summed E-state index contributed by atoms with van der Waals surface area (Å²) in [5.74, 6) is -0.989. The lowest BCUT2D eigenvalue weighted by Gasteiger charge is -2.38. The van der Waals surface area contributed by atoms with E-state index in [0.717, 1.165) is 62.7 Å². The van der Waals surface area contributed by atoms with Gasteiger partial charge in [-0.2, -0.15) is 0 Å². The number of hydrogen-bond donors (Lipinski definition) is 2. The fourth-order valence-electron chi connectivity index (χ4n) is 5.64. The Labute approximate surface area is 207 Å². The molecule has 1 saturated carbocycles. The molecule has 2 fully saturated rings. The number of nitrogens with zero attached hydrogens (tertiary/aromatic N) is 2. The molecule has 2 amide bonds. The van der Waals surface area contributed by atoms with Gasteiger partial charge in [0.25, 0.3) is 0 Å². The molecule has 1 aromatic rings. The van der Waals surface area contributed by atoms with Gasteiger partial charge in [-0.25, -0.2) is 0 Å². The highest BCUT2D eigenvalue weighted by atomic mass is 35.5. The predicted molar refractivity (Wildman–Crippen MR) is 135 cm³/mol. The third-order valence-electron chi connectivity index (χ3n) is 7.47. The van der Waals surface area contributed by atoms with Crippen LogP contribution in [0.4, 0.5) is 5.69 Å². The summed E-state index contributed by atoms with van der Waals surface area (Å²) in [5.41, 5.74) is 6.72. The van der Waals surface area contributed by atoms with Crippen LogP contribution in [0.5, 0.6) is 0 Å². The van der Waals surface area contributed by atoms with Crippen LogP contribution in [-0.4, -0.2) is 68.7 Å². The fraction of sp³-hybridized carbons (Fsp3) is 0.615. The molecular weight excluding hydrogens is 452 g/mol. The van der Waals surface area contributed by atoms with Gasteiger partial charge in [0.1, 0.15) is 0 Å². The lowest BCUT2D eigenvalue weighted by molar-refractivity contribution is -0.134. The van der Waals surface area contributed by atoms with Crippen LogP contribution in [0.15, 0.2) is 36.4 Å². The Morgan fingerprint density at radius 2 is 1.85 bits per heavy atom. The number of anilines is 1. The first kappa shape index (κ1) is 25.0. The molecule has 0 radical (unpaired) electrons. The average Bonchev–Trinajstić information content (AvgIpc) is 3.45. The summed E-state index contributed by atoms with van der Waals surface area (Å²) >= 11 is 6.38. The van der Waals surface area contributed by atoms with E-state index in [4.69, 9.17) is 22.1 Å². The monoisotopic (exact) mass is 488 g/mol. The lowest BCUT2D eigenvalue weighted by atomic mass is 9.82. The van der Waals surface area contributed by atoms with Crippen LogP contribution >= 0.6 is 11.6 Å². The summed E-state index contributed by atoms with van der Waals surface area (Å²) in [4.78, 5) is 29.8. The third-order valence-corrected chi connectivity index (χ3v) is 7.79. The summed E-state index contributed by atoms with van der Waals surface area (Å²) in [6, 6.07) is 7.96. The number of carbonyl (C=O) groups excluding carboxylic acids is 2. The maximum absolute atomic E-state index is 13.1. The molecule has 7 nitrogen and oxygen atoms in total. The molecule has 5 atom stereocenters. The Kier molecular flexibility index (Phi) is 8.51. The van der Waals surface area contributed by atoms with Crippen molar-refractivity contribution in [1.82, 2.24) is 10.2 Å². The molecule has 34 heavy (non-hydrogen) atoms. The van der Waals surface area contributed by atoms with Crippen molar-refractivity contribution in [2.75, 3.05) is 50.8 Å². The number of hydrogen-bond acceptors (Lipinski definition) is 5. The highest BCUT2D eigenvalue weighted by Crippen LogP contribution is 2.47. The van der Waals surface area contributed by atoms with Crippen molar-refractivity contribution in [3.63, 3.8) is 0 Å². The van der Waals surface area contributed by atoms with E-state index in [0.29, 0.717) is 13.2 Å². The Balaban J connectivity index is 1.30. The van der Waals surface area contributed by atoms with Gasteiger partial charge in [0.2, 0.25) is 11.8 Å². The number of fused-ring (bicyclic) bond motifs is 2. The molecule has 8 heteroatoms. The average molecular weight is 489 g/mol. The van der Waals surface area contributed by atoms with Gasteiger partial charge in [-0.05, 0) is 36.8 Å². The molecule has 0 spiro atoms. The number of para-hydroxylation sites is 1. The number of piperazine rings is 1. The number of primary amides is 1.